The molecule has 306 valence electrons. The predicted molar refractivity (Wildman–Crippen MR) is 262 cm³/mol. The van der Waals surface area contributed by atoms with E-state index in [0.717, 1.165) is 6.42 Å². The first-order valence-corrected chi connectivity index (χ1v) is 22.8. The van der Waals surface area contributed by atoms with Gasteiger partial charge in [0.1, 0.15) is 0 Å². The van der Waals surface area contributed by atoms with Crippen molar-refractivity contribution in [2.75, 3.05) is 4.90 Å². The first-order valence-electron chi connectivity index (χ1n) is 22.8. The Balaban J connectivity index is 1.06. The third kappa shape index (κ3) is 6.89. The van der Waals surface area contributed by atoms with Gasteiger partial charge < -0.3 is 4.90 Å². The lowest BCUT2D eigenvalue weighted by Gasteiger charge is -2.48. The smallest absolute Gasteiger partial charge is 0.0465 e. The largest absolute Gasteiger partial charge is 0.310 e. The molecule has 0 spiro atoms. The summed E-state index contributed by atoms with van der Waals surface area (Å²) in [7, 11) is 0. The molecule has 1 fully saturated rings. The van der Waals surface area contributed by atoms with Gasteiger partial charge in [-0.2, -0.15) is 0 Å². The highest BCUT2D eigenvalue weighted by molar-refractivity contribution is 5.85. The summed E-state index contributed by atoms with van der Waals surface area (Å²) in [5.74, 6) is 1.18. The molecule has 2 aliphatic rings. The fourth-order valence-electron chi connectivity index (χ4n) is 11.5. The van der Waals surface area contributed by atoms with E-state index in [4.69, 9.17) is 0 Å². The first-order chi connectivity index (χ1) is 30.3. The second kappa shape index (κ2) is 16.4. The highest BCUT2D eigenvalue weighted by Crippen LogP contribution is 2.54. The molecular formula is C61H57N. The molecule has 1 saturated carbocycles. The van der Waals surface area contributed by atoms with Crippen LogP contribution in [0.5, 0.6) is 0 Å². The molecule has 1 heteroatoms. The van der Waals surface area contributed by atoms with E-state index in [1.807, 2.05) is 0 Å². The Labute approximate surface area is 369 Å². The average Bonchev–Trinajstić information content (AvgIpc) is 3.56. The number of hydrogen-bond donors (Lipinski definition) is 0. The number of para-hydroxylation sites is 1. The molecule has 0 amide bonds. The second-order valence-electron chi connectivity index (χ2n) is 18.6. The summed E-state index contributed by atoms with van der Waals surface area (Å²) in [6.45, 7) is 9.64. The fourth-order valence-corrected chi connectivity index (χ4v) is 11.5. The van der Waals surface area contributed by atoms with Crippen LogP contribution in [0.25, 0.3) is 22.3 Å². The Morgan fingerprint density at radius 3 is 1.69 bits per heavy atom. The van der Waals surface area contributed by atoms with Gasteiger partial charge >= 0.3 is 0 Å². The fraction of sp³-hybridized carbons (Fsp3) is 0.213. The zero-order valence-electron chi connectivity index (χ0n) is 36.6. The molecule has 0 heterocycles. The SMILES string of the molecule is CC(C)C1CCCCC1(c1ccc(C(c2ccccc2)c2ccccc2-c2ccccc2)cc1)c1ccc(N(c2ccccc2)c2ccc3c(c2)C(C)(C)c2ccccc2-3)cc1. The zero-order valence-corrected chi connectivity index (χ0v) is 36.6. The molecule has 8 aromatic rings. The number of nitrogens with zero attached hydrogens (tertiary/aromatic N) is 1. The topological polar surface area (TPSA) is 3.24 Å². The lowest BCUT2D eigenvalue weighted by molar-refractivity contribution is 0.170. The summed E-state index contributed by atoms with van der Waals surface area (Å²) in [6, 6.07) is 77.4. The summed E-state index contributed by atoms with van der Waals surface area (Å²) in [5.41, 5.74) is 18.2. The Kier molecular flexibility index (Phi) is 10.5. The standard InChI is InChI=1S/C61H57N/c1-43(2)56-29-18-19-41-61(56,47-33-31-46(32-34-47)59(45-22-10-6-11-23-45)55-28-15-14-26-52(55)44-20-8-5-9-21-44)48-35-37-50(38-36-48)62(49-24-12-7-13-25-49)51-39-40-54-53-27-16-17-30-57(53)60(3,4)58(54)42-51/h5-17,20-28,30-40,42-43,56,59H,18-19,29,41H2,1-4H3. The maximum absolute atomic E-state index is 2.49. The van der Waals surface area contributed by atoms with E-state index in [2.05, 4.69) is 239 Å². The molecule has 0 aromatic heterocycles. The van der Waals surface area contributed by atoms with Gasteiger partial charge in [-0.05, 0) is 122 Å². The van der Waals surface area contributed by atoms with Crippen LogP contribution in [0, 0.1) is 11.8 Å². The van der Waals surface area contributed by atoms with Crippen molar-refractivity contribution in [1.29, 1.82) is 0 Å². The number of benzene rings is 8. The van der Waals surface area contributed by atoms with Gasteiger partial charge in [0.05, 0.1) is 0 Å². The molecule has 62 heavy (non-hydrogen) atoms. The highest BCUT2D eigenvalue weighted by atomic mass is 15.1. The van der Waals surface area contributed by atoms with Crippen LogP contribution in [0.15, 0.2) is 206 Å². The third-order valence-corrected chi connectivity index (χ3v) is 14.5. The Morgan fingerprint density at radius 1 is 0.468 bits per heavy atom. The molecule has 0 radical (unpaired) electrons. The lowest BCUT2D eigenvalue weighted by atomic mass is 9.56. The van der Waals surface area contributed by atoms with Crippen LogP contribution in [0.2, 0.25) is 0 Å². The summed E-state index contributed by atoms with van der Waals surface area (Å²) in [6.07, 6.45) is 4.90. The molecule has 10 rings (SSSR count). The molecule has 3 unspecified atom stereocenters. The van der Waals surface area contributed by atoms with Crippen molar-refractivity contribution in [1.82, 2.24) is 0 Å². The first kappa shape index (κ1) is 39.7. The number of rotatable bonds is 10. The molecular weight excluding hydrogens is 747 g/mol. The van der Waals surface area contributed by atoms with Crippen LogP contribution >= 0.6 is 0 Å². The molecule has 0 aliphatic heterocycles. The van der Waals surface area contributed by atoms with Crippen molar-refractivity contribution in [2.24, 2.45) is 11.8 Å². The van der Waals surface area contributed by atoms with Crippen LogP contribution in [-0.2, 0) is 10.8 Å². The van der Waals surface area contributed by atoms with Gasteiger partial charge in [0, 0.05) is 33.8 Å². The average molecular weight is 804 g/mol. The molecule has 0 saturated heterocycles. The van der Waals surface area contributed by atoms with E-state index in [1.54, 1.807) is 0 Å². The summed E-state index contributed by atoms with van der Waals surface area (Å²) in [5, 5.41) is 0. The Bertz CT molecular complexity index is 2780. The van der Waals surface area contributed by atoms with Crippen molar-refractivity contribution in [3.05, 3.63) is 245 Å². The molecule has 0 bridgehead atoms. The summed E-state index contributed by atoms with van der Waals surface area (Å²) in [4.78, 5) is 2.45. The van der Waals surface area contributed by atoms with E-state index in [0.29, 0.717) is 11.8 Å². The lowest BCUT2D eigenvalue weighted by Crippen LogP contribution is -2.42. The minimum absolute atomic E-state index is 0.0741. The number of hydrogen-bond acceptors (Lipinski definition) is 1. The van der Waals surface area contributed by atoms with Crippen molar-refractivity contribution in [3.8, 4) is 22.3 Å². The normalized spacial score (nSPS) is 18.2. The maximum atomic E-state index is 2.49. The molecule has 3 atom stereocenters. The van der Waals surface area contributed by atoms with Gasteiger partial charge in [-0.15, -0.1) is 0 Å². The minimum atomic E-state index is -0.0887. The van der Waals surface area contributed by atoms with Crippen LogP contribution in [-0.4, -0.2) is 0 Å². The van der Waals surface area contributed by atoms with Crippen molar-refractivity contribution in [2.45, 2.75) is 70.1 Å². The predicted octanol–water partition coefficient (Wildman–Crippen LogP) is 16.4. The Morgan fingerprint density at radius 2 is 1.00 bits per heavy atom. The summed E-state index contributed by atoms with van der Waals surface area (Å²) >= 11 is 0. The van der Waals surface area contributed by atoms with Gasteiger partial charge in [0.25, 0.3) is 0 Å². The monoisotopic (exact) mass is 803 g/mol. The molecule has 2 aliphatic carbocycles. The van der Waals surface area contributed by atoms with Gasteiger partial charge in [-0.3, -0.25) is 0 Å². The van der Waals surface area contributed by atoms with Crippen LogP contribution in [0.1, 0.15) is 98.2 Å². The minimum Gasteiger partial charge on any atom is -0.310 e. The third-order valence-electron chi connectivity index (χ3n) is 14.5. The second-order valence-corrected chi connectivity index (χ2v) is 18.6. The highest BCUT2D eigenvalue weighted by Gasteiger charge is 2.45. The summed E-state index contributed by atoms with van der Waals surface area (Å²) < 4.78 is 0. The van der Waals surface area contributed by atoms with Gasteiger partial charge in [0.2, 0.25) is 0 Å². The maximum Gasteiger partial charge on any atom is 0.0465 e. The van der Waals surface area contributed by atoms with Crippen molar-refractivity contribution >= 4 is 17.1 Å². The van der Waals surface area contributed by atoms with Gasteiger partial charge in [-0.25, -0.2) is 0 Å². The molecule has 0 N–H and O–H groups in total. The van der Waals surface area contributed by atoms with Crippen LogP contribution < -0.4 is 4.90 Å². The van der Waals surface area contributed by atoms with Crippen molar-refractivity contribution < 1.29 is 0 Å². The van der Waals surface area contributed by atoms with Crippen molar-refractivity contribution in [3.63, 3.8) is 0 Å². The van der Waals surface area contributed by atoms with E-state index in [9.17, 15) is 0 Å². The van der Waals surface area contributed by atoms with Gasteiger partial charge in [-0.1, -0.05) is 210 Å². The van der Waals surface area contributed by atoms with E-state index < -0.39 is 0 Å². The van der Waals surface area contributed by atoms with Crippen LogP contribution in [0.4, 0.5) is 17.1 Å². The number of anilines is 3. The van der Waals surface area contributed by atoms with E-state index in [1.165, 1.54) is 97.5 Å². The molecule has 1 nitrogen and oxygen atoms in total. The van der Waals surface area contributed by atoms with E-state index >= 15 is 0 Å². The van der Waals surface area contributed by atoms with E-state index in [-0.39, 0.29) is 16.7 Å². The molecule has 8 aromatic carbocycles. The number of fused-ring (bicyclic) bond motifs is 3. The quantitative estimate of drug-likeness (QED) is 0.125. The van der Waals surface area contributed by atoms with Crippen LogP contribution in [0.3, 0.4) is 0 Å². The Hall–Kier alpha value is -6.44. The van der Waals surface area contributed by atoms with Gasteiger partial charge in [0.15, 0.2) is 0 Å². The zero-order chi connectivity index (χ0) is 42.3.